The van der Waals surface area contributed by atoms with E-state index in [4.69, 9.17) is 28.9 Å². The van der Waals surface area contributed by atoms with Crippen LogP contribution in [0, 0.1) is 0 Å². The number of carbonyl (C=O) groups is 2. The van der Waals surface area contributed by atoms with Gasteiger partial charge in [-0.3, -0.25) is 9.59 Å². The van der Waals surface area contributed by atoms with Gasteiger partial charge in [0.15, 0.2) is 0 Å². The summed E-state index contributed by atoms with van der Waals surface area (Å²) in [7, 11) is 0. The summed E-state index contributed by atoms with van der Waals surface area (Å²) in [6, 6.07) is 10.5. The number of halogens is 2. The number of primary amides is 1. The molecule has 0 saturated heterocycles. The Morgan fingerprint density at radius 2 is 1.77 bits per heavy atom. The molecule has 2 N–H and O–H groups in total. The molecule has 6 heteroatoms. The van der Waals surface area contributed by atoms with Crippen LogP contribution in [0.25, 0.3) is 5.57 Å². The van der Waals surface area contributed by atoms with E-state index in [-0.39, 0.29) is 11.5 Å². The molecule has 26 heavy (non-hydrogen) atoms. The van der Waals surface area contributed by atoms with Gasteiger partial charge in [0.1, 0.15) is 0 Å². The smallest absolute Gasteiger partial charge is 0.254 e. The maximum Gasteiger partial charge on any atom is 0.254 e. The van der Waals surface area contributed by atoms with Crippen LogP contribution in [0.15, 0.2) is 42.0 Å². The largest absolute Gasteiger partial charge is 0.366 e. The van der Waals surface area contributed by atoms with Crippen molar-refractivity contribution in [3.8, 4) is 0 Å². The summed E-state index contributed by atoms with van der Waals surface area (Å²) in [6.07, 6.45) is 1.63. The summed E-state index contributed by atoms with van der Waals surface area (Å²) in [5.41, 5.74) is 11.0. The number of amides is 2. The van der Waals surface area contributed by atoms with Gasteiger partial charge in [0, 0.05) is 34.3 Å². The molecule has 0 unspecified atom stereocenters. The average Bonchev–Trinajstić information content (AvgIpc) is 2.97. The van der Waals surface area contributed by atoms with E-state index in [0.717, 1.165) is 17.9 Å². The molecule has 0 fully saturated rings. The number of carbonyl (C=O) groups excluding carboxylic acids is 2. The Kier molecular flexibility index (Phi) is 4.25. The zero-order chi connectivity index (χ0) is 18.4. The van der Waals surface area contributed by atoms with E-state index in [2.05, 4.69) is 6.07 Å². The highest BCUT2D eigenvalue weighted by Gasteiger charge is 2.29. The van der Waals surface area contributed by atoms with Crippen molar-refractivity contribution in [2.45, 2.75) is 12.8 Å². The summed E-state index contributed by atoms with van der Waals surface area (Å²) in [4.78, 5) is 26.1. The first kappa shape index (κ1) is 17.1. The maximum absolute atomic E-state index is 12.9. The quantitative estimate of drug-likeness (QED) is 0.848. The van der Waals surface area contributed by atoms with Crippen LogP contribution in [0.2, 0.25) is 10.0 Å². The molecule has 1 aliphatic heterocycles. The Morgan fingerprint density at radius 1 is 1.00 bits per heavy atom. The standard InChI is InChI=1S/C20H16Cl2N2O2/c21-15-2-1-11-5-14-10-24(4-3-17(14)18(11)9-15)20(26)13-6-12(19(23)25)7-16(22)8-13/h1-2,6-9H,3-5,10H2,(H2,23,25). The average molecular weight is 387 g/mol. The van der Waals surface area contributed by atoms with Gasteiger partial charge in [-0.15, -0.1) is 0 Å². The van der Waals surface area contributed by atoms with Gasteiger partial charge in [-0.1, -0.05) is 29.3 Å². The summed E-state index contributed by atoms with van der Waals surface area (Å²) in [6.45, 7) is 1.18. The maximum atomic E-state index is 12.9. The highest BCUT2D eigenvalue weighted by molar-refractivity contribution is 6.31. The summed E-state index contributed by atoms with van der Waals surface area (Å²) in [5, 5.41) is 1.05. The third-order valence-electron chi connectivity index (χ3n) is 4.96. The van der Waals surface area contributed by atoms with E-state index in [1.807, 2.05) is 12.1 Å². The molecule has 0 radical (unpaired) electrons. The molecule has 0 spiro atoms. The first-order valence-electron chi connectivity index (χ1n) is 8.32. The molecule has 0 aromatic heterocycles. The van der Waals surface area contributed by atoms with Crippen molar-refractivity contribution in [3.63, 3.8) is 0 Å². The fourth-order valence-electron chi connectivity index (χ4n) is 3.74. The summed E-state index contributed by atoms with van der Waals surface area (Å²) >= 11 is 12.2. The zero-order valence-electron chi connectivity index (χ0n) is 13.9. The lowest BCUT2D eigenvalue weighted by molar-refractivity contribution is 0.0767. The van der Waals surface area contributed by atoms with Crippen molar-refractivity contribution in [2.24, 2.45) is 5.73 Å². The van der Waals surface area contributed by atoms with Gasteiger partial charge < -0.3 is 10.6 Å². The second kappa shape index (κ2) is 6.45. The molecule has 4 nitrogen and oxygen atoms in total. The molecule has 0 saturated carbocycles. The second-order valence-electron chi connectivity index (χ2n) is 6.63. The van der Waals surface area contributed by atoms with Crippen LogP contribution in [-0.4, -0.2) is 29.8 Å². The van der Waals surface area contributed by atoms with Gasteiger partial charge in [0.2, 0.25) is 5.91 Å². The predicted molar refractivity (Wildman–Crippen MR) is 103 cm³/mol. The lowest BCUT2D eigenvalue weighted by atomic mass is 9.98. The highest BCUT2D eigenvalue weighted by atomic mass is 35.5. The Balaban J connectivity index is 1.60. The third kappa shape index (κ3) is 3.00. The Bertz CT molecular complexity index is 982. The van der Waals surface area contributed by atoms with Gasteiger partial charge in [-0.2, -0.15) is 0 Å². The van der Waals surface area contributed by atoms with Crippen LogP contribution in [0.4, 0.5) is 0 Å². The first-order valence-corrected chi connectivity index (χ1v) is 9.07. The lowest BCUT2D eigenvalue weighted by Gasteiger charge is -2.29. The fraction of sp³-hybridized carbons (Fsp3) is 0.200. The van der Waals surface area contributed by atoms with E-state index in [1.165, 1.54) is 34.4 Å². The van der Waals surface area contributed by atoms with Crippen molar-refractivity contribution < 1.29 is 9.59 Å². The minimum absolute atomic E-state index is 0.143. The number of hydrogen-bond acceptors (Lipinski definition) is 2. The Hall–Kier alpha value is -2.30. The van der Waals surface area contributed by atoms with Crippen LogP contribution in [-0.2, 0) is 6.42 Å². The van der Waals surface area contributed by atoms with Crippen molar-refractivity contribution in [1.82, 2.24) is 4.90 Å². The molecule has 2 amide bonds. The molecule has 2 aliphatic rings. The SMILES string of the molecule is NC(=O)c1cc(Cl)cc(C(=O)N2CCC3=C(Cc4ccc(Cl)cc43)C2)c1. The molecular formula is C20H16Cl2N2O2. The first-order chi connectivity index (χ1) is 12.4. The van der Waals surface area contributed by atoms with Crippen LogP contribution < -0.4 is 5.73 Å². The van der Waals surface area contributed by atoms with Crippen LogP contribution in [0.1, 0.15) is 38.3 Å². The van der Waals surface area contributed by atoms with Gasteiger partial charge in [0.05, 0.1) is 0 Å². The molecule has 2 aromatic rings. The van der Waals surface area contributed by atoms with Gasteiger partial charge >= 0.3 is 0 Å². The van der Waals surface area contributed by atoms with Gasteiger partial charge in [0.25, 0.3) is 5.91 Å². The molecule has 1 heterocycles. The molecule has 1 aliphatic carbocycles. The molecule has 0 atom stereocenters. The van der Waals surface area contributed by atoms with E-state index in [1.54, 1.807) is 11.0 Å². The van der Waals surface area contributed by atoms with Gasteiger partial charge in [-0.25, -0.2) is 0 Å². The molecular weight excluding hydrogens is 371 g/mol. The lowest BCUT2D eigenvalue weighted by Crippen LogP contribution is -2.36. The monoisotopic (exact) mass is 386 g/mol. The molecule has 4 rings (SSSR count). The predicted octanol–water partition coefficient (Wildman–Crippen LogP) is 3.95. The Morgan fingerprint density at radius 3 is 2.54 bits per heavy atom. The van der Waals surface area contributed by atoms with E-state index < -0.39 is 5.91 Å². The van der Waals surface area contributed by atoms with Crippen molar-refractivity contribution in [3.05, 3.63) is 74.3 Å². The topological polar surface area (TPSA) is 63.4 Å². The van der Waals surface area contributed by atoms with Crippen LogP contribution in [0.5, 0.6) is 0 Å². The molecule has 132 valence electrons. The Labute approximate surface area is 161 Å². The second-order valence-corrected chi connectivity index (χ2v) is 7.50. The van der Waals surface area contributed by atoms with E-state index in [0.29, 0.717) is 23.7 Å². The van der Waals surface area contributed by atoms with Crippen LogP contribution >= 0.6 is 23.2 Å². The van der Waals surface area contributed by atoms with Gasteiger partial charge in [-0.05, 0) is 65.4 Å². The third-order valence-corrected chi connectivity index (χ3v) is 5.41. The molecule has 0 bridgehead atoms. The zero-order valence-corrected chi connectivity index (χ0v) is 15.4. The normalized spacial score (nSPS) is 15.7. The minimum Gasteiger partial charge on any atom is -0.366 e. The van der Waals surface area contributed by atoms with Crippen molar-refractivity contribution in [1.29, 1.82) is 0 Å². The number of fused-ring (bicyclic) bond motifs is 2. The van der Waals surface area contributed by atoms with Crippen molar-refractivity contribution in [2.75, 3.05) is 13.1 Å². The number of nitrogens with zero attached hydrogens (tertiary/aromatic N) is 1. The fourth-order valence-corrected chi connectivity index (χ4v) is 4.15. The number of rotatable bonds is 2. The summed E-state index contributed by atoms with van der Waals surface area (Å²) < 4.78 is 0. The number of hydrogen-bond donors (Lipinski definition) is 1. The van der Waals surface area contributed by atoms with Crippen LogP contribution in [0.3, 0.4) is 0 Å². The highest BCUT2D eigenvalue weighted by Crippen LogP contribution is 2.39. The number of benzene rings is 2. The van der Waals surface area contributed by atoms with Crippen molar-refractivity contribution >= 4 is 40.6 Å². The summed E-state index contributed by atoms with van der Waals surface area (Å²) in [5.74, 6) is -0.746. The van der Waals surface area contributed by atoms with E-state index in [9.17, 15) is 9.59 Å². The minimum atomic E-state index is -0.603. The van der Waals surface area contributed by atoms with E-state index >= 15 is 0 Å². The molecule has 2 aromatic carbocycles. The number of nitrogens with two attached hydrogens (primary N) is 1.